The van der Waals surface area contributed by atoms with Gasteiger partial charge in [-0.3, -0.25) is 4.79 Å². The first-order valence-corrected chi connectivity index (χ1v) is 10.6. The summed E-state index contributed by atoms with van der Waals surface area (Å²) in [6, 6.07) is 8.22. The van der Waals surface area contributed by atoms with Gasteiger partial charge in [0.25, 0.3) is 0 Å². The Hall–Kier alpha value is -2.86. The highest BCUT2D eigenvalue weighted by Gasteiger charge is 2.15. The van der Waals surface area contributed by atoms with Crippen molar-refractivity contribution in [3.05, 3.63) is 59.0 Å². The number of anilines is 1. The maximum Gasteiger partial charge on any atom is 0.224 e. The van der Waals surface area contributed by atoms with Crippen LogP contribution in [0, 0.1) is 13.8 Å². The average Bonchev–Trinajstić information content (AvgIpc) is 3.02. The third kappa shape index (κ3) is 4.49. The van der Waals surface area contributed by atoms with Crippen LogP contribution < -0.4 is 10.2 Å². The Labute approximate surface area is 177 Å². The molecule has 1 aliphatic heterocycles. The number of nitrogens with zero attached hydrogens (tertiary/aromatic N) is 3. The number of hydrogen-bond acceptors (Lipinski definition) is 5. The van der Waals surface area contributed by atoms with E-state index in [1.807, 2.05) is 19.2 Å². The second-order valence-electron chi connectivity index (χ2n) is 8.27. The van der Waals surface area contributed by atoms with Crippen molar-refractivity contribution in [2.75, 3.05) is 38.1 Å². The van der Waals surface area contributed by atoms with Gasteiger partial charge >= 0.3 is 0 Å². The van der Waals surface area contributed by atoms with Gasteiger partial charge in [-0.15, -0.1) is 0 Å². The van der Waals surface area contributed by atoms with E-state index < -0.39 is 0 Å². The molecule has 0 unspecified atom stereocenters. The molecule has 0 radical (unpaired) electrons. The van der Waals surface area contributed by atoms with Crippen molar-refractivity contribution in [2.24, 2.45) is 0 Å². The van der Waals surface area contributed by atoms with Crippen LogP contribution in [0.15, 0.2) is 41.1 Å². The first-order valence-electron chi connectivity index (χ1n) is 10.6. The maximum atomic E-state index is 12.5. The minimum absolute atomic E-state index is 0.0180. The molecule has 3 heterocycles. The molecule has 1 aromatic carbocycles. The highest BCUT2D eigenvalue weighted by molar-refractivity contribution is 5.89. The number of rotatable bonds is 5. The Morgan fingerprint density at radius 3 is 2.80 bits per heavy atom. The van der Waals surface area contributed by atoms with E-state index in [1.165, 1.54) is 5.56 Å². The monoisotopic (exact) mass is 406 g/mol. The van der Waals surface area contributed by atoms with Gasteiger partial charge in [-0.1, -0.05) is 18.2 Å². The molecule has 1 amide bonds. The van der Waals surface area contributed by atoms with Gasteiger partial charge in [-0.25, -0.2) is 4.98 Å². The summed E-state index contributed by atoms with van der Waals surface area (Å²) in [6.45, 7) is 8.80. The van der Waals surface area contributed by atoms with Gasteiger partial charge in [-0.05, 0) is 56.6 Å². The lowest BCUT2D eigenvalue weighted by Gasteiger charge is -2.21. The van der Waals surface area contributed by atoms with Gasteiger partial charge in [0.1, 0.15) is 11.4 Å². The molecule has 1 fully saturated rings. The van der Waals surface area contributed by atoms with Gasteiger partial charge in [-0.2, -0.15) is 0 Å². The molecule has 158 valence electrons. The number of nitrogens with one attached hydrogen (secondary N) is 1. The molecule has 0 aliphatic carbocycles. The molecule has 0 spiro atoms. The summed E-state index contributed by atoms with van der Waals surface area (Å²) in [6.07, 6.45) is 5.02. The lowest BCUT2D eigenvalue weighted by atomic mass is 10.0. The third-order valence-corrected chi connectivity index (χ3v) is 6.04. The fraction of sp³-hybridized carbons (Fsp3) is 0.417. The number of fused-ring (bicyclic) bond motifs is 1. The number of aryl methyl sites for hydroxylation is 2. The minimum Gasteiger partial charge on any atom is -0.464 e. The molecule has 0 bridgehead atoms. The van der Waals surface area contributed by atoms with E-state index in [-0.39, 0.29) is 5.91 Å². The topological polar surface area (TPSA) is 61.6 Å². The number of pyridine rings is 1. The van der Waals surface area contributed by atoms with E-state index in [1.54, 1.807) is 6.26 Å². The van der Waals surface area contributed by atoms with Crippen molar-refractivity contribution in [3.8, 4) is 0 Å². The predicted molar refractivity (Wildman–Crippen MR) is 120 cm³/mol. The number of amides is 1. The molecule has 2 aromatic heterocycles. The molecule has 30 heavy (non-hydrogen) atoms. The number of likely N-dealkylation sites (N-methyl/N-ethyl adjacent to an activating group) is 1. The number of aromatic nitrogens is 1. The maximum absolute atomic E-state index is 12.5. The molecule has 4 rings (SSSR count). The first kappa shape index (κ1) is 20.4. The van der Waals surface area contributed by atoms with Gasteiger partial charge in [0.2, 0.25) is 5.91 Å². The number of carbonyl (C=O) groups is 1. The Balaban J connectivity index is 1.33. The van der Waals surface area contributed by atoms with Crippen LogP contribution in [0.4, 0.5) is 5.82 Å². The second kappa shape index (κ2) is 8.88. The van der Waals surface area contributed by atoms with Crippen molar-refractivity contribution >= 4 is 22.7 Å². The number of benzene rings is 1. The summed E-state index contributed by atoms with van der Waals surface area (Å²) in [5, 5.41) is 4.02. The zero-order chi connectivity index (χ0) is 21.1. The normalized spacial score (nSPS) is 15.4. The predicted octanol–water partition coefficient (Wildman–Crippen LogP) is 3.45. The number of hydrogen-bond donors (Lipinski definition) is 1. The van der Waals surface area contributed by atoms with Crippen molar-refractivity contribution in [2.45, 2.75) is 33.2 Å². The van der Waals surface area contributed by atoms with Crippen molar-refractivity contribution in [1.29, 1.82) is 0 Å². The highest BCUT2D eigenvalue weighted by Crippen LogP contribution is 2.26. The highest BCUT2D eigenvalue weighted by atomic mass is 16.3. The quantitative estimate of drug-likeness (QED) is 0.703. The Morgan fingerprint density at radius 2 is 2.00 bits per heavy atom. The van der Waals surface area contributed by atoms with E-state index in [0.29, 0.717) is 13.0 Å². The molecule has 6 nitrogen and oxygen atoms in total. The van der Waals surface area contributed by atoms with Crippen LogP contribution in [-0.4, -0.2) is 49.0 Å². The van der Waals surface area contributed by atoms with E-state index in [4.69, 9.17) is 4.42 Å². The van der Waals surface area contributed by atoms with Crippen LogP contribution in [-0.2, 0) is 17.8 Å². The molecule has 0 atom stereocenters. The molecule has 1 saturated heterocycles. The van der Waals surface area contributed by atoms with E-state index in [0.717, 1.165) is 66.1 Å². The van der Waals surface area contributed by atoms with Crippen LogP contribution in [0.2, 0.25) is 0 Å². The van der Waals surface area contributed by atoms with Crippen molar-refractivity contribution < 1.29 is 9.21 Å². The summed E-state index contributed by atoms with van der Waals surface area (Å²) in [5.41, 5.74) is 5.11. The SMILES string of the molecule is Cc1ccc2c(CC(=O)NCc3ccc(N4CCCN(C)CC4)nc3)coc2c1C. The minimum atomic E-state index is -0.0180. The van der Waals surface area contributed by atoms with E-state index in [2.05, 4.69) is 52.3 Å². The zero-order valence-electron chi connectivity index (χ0n) is 18.1. The smallest absolute Gasteiger partial charge is 0.224 e. The van der Waals surface area contributed by atoms with E-state index in [9.17, 15) is 4.79 Å². The Kier molecular flexibility index (Phi) is 6.04. The Morgan fingerprint density at radius 1 is 1.13 bits per heavy atom. The summed E-state index contributed by atoms with van der Waals surface area (Å²) in [4.78, 5) is 21.8. The first-order chi connectivity index (χ1) is 14.5. The molecular formula is C24H30N4O2. The summed E-state index contributed by atoms with van der Waals surface area (Å²) in [5.74, 6) is 0.992. The van der Waals surface area contributed by atoms with Crippen LogP contribution in [0.25, 0.3) is 11.0 Å². The van der Waals surface area contributed by atoms with Gasteiger partial charge in [0.15, 0.2) is 0 Å². The molecule has 3 aromatic rings. The number of carbonyl (C=O) groups excluding carboxylic acids is 1. The Bertz CT molecular complexity index is 1030. The molecule has 0 saturated carbocycles. The largest absolute Gasteiger partial charge is 0.464 e. The van der Waals surface area contributed by atoms with Crippen molar-refractivity contribution in [3.63, 3.8) is 0 Å². The summed E-state index contributed by atoms with van der Waals surface area (Å²) < 4.78 is 5.71. The van der Waals surface area contributed by atoms with Crippen molar-refractivity contribution in [1.82, 2.24) is 15.2 Å². The van der Waals surface area contributed by atoms with Gasteiger partial charge < -0.3 is 19.5 Å². The molecule has 1 N–H and O–H groups in total. The molecular weight excluding hydrogens is 376 g/mol. The van der Waals surface area contributed by atoms with Gasteiger partial charge in [0, 0.05) is 43.3 Å². The lowest BCUT2D eigenvalue weighted by Crippen LogP contribution is -2.29. The summed E-state index contributed by atoms with van der Waals surface area (Å²) >= 11 is 0. The molecule has 6 heteroatoms. The van der Waals surface area contributed by atoms with Gasteiger partial charge in [0.05, 0.1) is 12.7 Å². The standard InChI is InChI=1S/C24H30N4O2/c1-17-5-7-21-20(16-30-24(21)18(17)2)13-23(29)26-15-19-6-8-22(25-14-19)28-10-4-9-27(3)11-12-28/h5-8,14,16H,4,9-13,15H2,1-3H3,(H,26,29). The van der Waals surface area contributed by atoms with Crippen LogP contribution in [0.3, 0.4) is 0 Å². The third-order valence-electron chi connectivity index (χ3n) is 6.04. The van der Waals surface area contributed by atoms with E-state index >= 15 is 0 Å². The summed E-state index contributed by atoms with van der Waals surface area (Å²) in [7, 11) is 2.16. The molecule has 1 aliphatic rings. The fourth-order valence-corrected chi connectivity index (χ4v) is 3.95. The van der Waals surface area contributed by atoms with Crippen LogP contribution in [0.1, 0.15) is 28.7 Å². The number of furan rings is 1. The lowest BCUT2D eigenvalue weighted by molar-refractivity contribution is -0.120. The zero-order valence-corrected chi connectivity index (χ0v) is 18.1. The fourth-order valence-electron chi connectivity index (χ4n) is 3.95. The van der Waals surface area contributed by atoms with Crippen LogP contribution in [0.5, 0.6) is 0 Å². The second-order valence-corrected chi connectivity index (χ2v) is 8.27. The van der Waals surface area contributed by atoms with Crippen LogP contribution >= 0.6 is 0 Å². The average molecular weight is 407 g/mol.